The van der Waals surface area contributed by atoms with Crippen molar-refractivity contribution >= 4 is 34.9 Å². The predicted octanol–water partition coefficient (Wildman–Crippen LogP) is 5.66. The number of hydrogen-bond acceptors (Lipinski definition) is 5. The highest BCUT2D eigenvalue weighted by atomic mass is 32.1. The van der Waals surface area contributed by atoms with Crippen LogP contribution in [-0.4, -0.2) is 41.3 Å². The SMILES string of the molecule is CC(C)Cc1ccc(C2=NC(c3ccc(CN4CCC(S)C4)c4ccccc34)=NC2)cc1C#N. The smallest absolute Gasteiger partial charge is 0.155 e. The summed E-state index contributed by atoms with van der Waals surface area (Å²) in [5.41, 5.74) is 6.16. The number of benzene rings is 3. The Labute approximate surface area is 207 Å². The molecular weight excluding hydrogens is 436 g/mol. The molecule has 0 aromatic heterocycles. The normalized spacial score (nSPS) is 18.4. The lowest BCUT2D eigenvalue weighted by atomic mass is 9.95. The van der Waals surface area contributed by atoms with Crippen LogP contribution in [-0.2, 0) is 13.0 Å². The monoisotopic (exact) mass is 466 g/mol. The van der Waals surface area contributed by atoms with Crippen LogP contribution in [0.2, 0.25) is 0 Å². The third kappa shape index (κ3) is 4.66. The molecule has 5 heteroatoms. The van der Waals surface area contributed by atoms with Crippen molar-refractivity contribution in [3.05, 3.63) is 82.4 Å². The van der Waals surface area contributed by atoms with Gasteiger partial charge in [0.15, 0.2) is 5.84 Å². The predicted molar refractivity (Wildman–Crippen MR) is 144 cm³/mol. The maximum absolute atomic E-state index is 9.66. The maximum Gasteiger partial charge on any atom is 0.155 e. The Kier molecular flexibility index (Phi) is 6.54. The molecular formula is C29H30N4S. The van der Waals surface area contributed by atoms with Gasteiger partial charge in [0.1, 0.15) is 0 Å². The highest BCUT2D eigenvalue weighted by molar-refractivity contribution is 7.81. The number of likely N-dealkylation sites (tertiary alicyclic amines) is 1. The Morgan fingerprint density at radius 3 is 2.62 bits per heavy atom. The Morgan fingerprint density at radius 2 is 1.88 bits per heavy atom. The summed E-state index contributed by atoms with van der Waals surface area (Å²) in [6.45, 7) is 7.98. The molecule has 1 unspecified atom stereocenters. The fourth-order valence-corrected chi connectivity index (χ4v) is 5.36. The molecule has 3 aromatic rings. The standard InChI is InChI=1S/C29H30N4S/c1-19(2)13-20-7-8-21(14-23(20)15-30)28-16-31-29(32-28)27-10-9-22(17-33-12-11-24(34)18-33)25-5-3-4-6-26(25)27/h3-10,14,19,24,34H,11-13,16-18H2,1-2H3. The third-order valence-electron chi connectivity index (χ3n) is 6.71. The van der Waals surface area contributed by atoms with Crippen molar-refractivity contribution in [2.45, 2.75) is 38.5 Å². The van der Waals surface area contributed by atoms with Crippen LogP contribution >= 0.6 is 12.6 Å². The van der Waals surface area contributed by atoms with E-state index in [4.69, 9.17) is 9.98 Å². The van der Waals surface area contributed by atoms with E-state index in [0.717, 1.165) is 66.3 Å². The minimum Gasteiger partial charge on any atom is -0.298 e. The van der Waals surface area contributed by atoms with Gasteiger partial charge in [0, 0.05) is 23.9 Å². The van der Waals surface area contributed by atoms with Crippen molar-refractivity contribution in [2.75, 3.05) is 19.6 Å². The van der Waals surface area contributed by atoms with Crippen LogP contribution in [0.1, 0.15) is 48.1 Å². The van der Waals surface area contributed by atoms with Crippen molar-refractivity contribution in [3.63, 3.8) is 0 Å². The van der Waals surface area contributed by atoms with E-state index in [1.54, 1.807) is 0 Å². The van der Waals surface area contributed by atoms with Gasteiger partial charge in [0.25, 0.3) is 0 Å². The van der Waals surface area contributed by atoms with Gasteiger partial charge in [0.2, 0.25) is 0 Å². The molecule has 5 rings (SSSR count). The van der Waals surface area contributed by atoms with E-state index in [2.05, 4.69) is 86.0 Å². The summed E-state index contributed by atoms with van der Waals surface area (Å²) in [5, 5.41) is 12.6. The second-order valence-electron chi connectivity index (χ2n) is 9.78. The molecule has 2 aliphatic heterocycles. The average Bonchev–Trinajstić information content (AvgIpc) is 3.48. The second kappa shape index (κ2) is 9.74. The first-order chi connectivity index (χ1) is 16.5. The number of aliphatic imine (C=N–C) groups is 2. The molecule has 34 heavy (non-hydrogen) atoms. The summed E-state index contributed by atoms with van der Waals surface area (Å²) < 4.78 is 0. The van der Waals surface area contributed by atoms with Crippen LogP contribution in [0.5, 0.6) is 0 Å². The molecule has 3 aromatic carbocycles. The molecule has 2 aliphatic rings. The molecule has 0 radical (unpaired) electrons. The van der Waals surface area contributed by atoms with Crippen LogP contribution in [0, 0.1) is 17.2 Å². The Bertz CT molecular complexity index is 1330. The number of rotatable bonds is 6. The van der Waals surface area contributed by atoms with E-state index >= 15 is 0 Å². The van der Waals surface area contributed by atoms with Gasteiger partial charge >= 0.3 is 0 Å². The highest BCUT2D eigenvalue weighted by Crippen LogP contribution is 2.28. The summed E-state index contributed by atoms with van der Waals surface area (Å²) in [6.07, 6.45) is 2.06. The summed E-state index contributed by atoms with van der Waals surface area (Å²) in [6, 6.07) is 21.5. The molecule has 2 heterocycles. The lowest BCUT2D eigenvalue weighted by molar-refractivity contribution is 0.333. The Balaban J connectivity index is 1.44. The molecule has 4 nitrogen and oxygen atoms in total. The second-order valence-corrected chi connectivity index (χ2v) is 10.5. The van der Waals surface area contributed by atoms with E-state index in [1.807, 2.05) is 6.07 Å². The number of nitrogens with zero attached hydrogens (tertiary/aromatic N) is 4. The van der Waals surface area contributed by atoms with Gasteiger partial charge in [-0.25, -0.2) is 4.99 Å². The lowest BCUT2D eigenvalue weighted by Gasteiger charge is -2.17. The number of nitriles is 1. The van der Waals surface area contributed by atoms with E-state index in [-0.39, 0.29) is 0 Å². The Hall–Kier alpha value is -2.94. The molecule has 0 saturated carbocycles. The summed E-state index contributed by atoms with van der Waals surface area (Å²) in [5.74, 6) is 1.29. The highest BCUT2D eigenvalue weighted by Gasteiger charge is 2.22. The van der Waals surface area contributed by atoms with E-state index < -0.39 is 0 Å². The van der Waals surface area contributed by atoms with Gasteiger partial charge in [-0.3, -0.25) is 9.89 Å². The molecule has 0 amide bonds. The van der Waals surface area contributed by atoms with Crippen LogP contribution < -0.4 is 0 Å². The van der Waals surface area contributed by atoms with Gasteiger partial charge in [-0.1, -0.05) is 62.4 Å². The van der Waals surface area contributed by atoms with E-state index in [9.17, 15) is 5.26 Å². The van der Waals surface area contributed by atoms with Crippen LogP contribution in [0.3, 0.4) is 0 Å². The average molecular weight is 467 g/mol. The molecule has 1 saturated heterocycles. The quantitative estimate of drug-likeness (QED) is 0.476. The van der Waals surface area contributed by atoms with E-state index in [1.165, 1.54) is 16.3 Å². The topological polar surface area (TPSA) is 51.8 Å². The number of hydrogen-bond donors (Lipinski definition) is 1. The van der Waals surface area contributed by atoms with Crippen molar-refractivity contribution in [2.24, 2.45) is 15.9 Å². The summed E-state index contributed by atoms with van der Waals surface area (Å²) >= 11 is 4.65. The zero-order valence-electron chi connectivity index (χ0n) is 19.8. The fraction of sp³-hybridized carbons (Fsp3) is 0.345. The number of amidine groups is 1. The van der Waals surface area contributed by atoms with Gasteiger partial charge in [0.05, 0.1) is 23.9 Å². The molecule has 1 fully saturated rings. The minimum absolute atomic E-state index is 0.479. The molecule has 0 aliphatic carbocycles. The number of fused-ring (bicyclic) bond motifs is 1. The van der Waals surface area contributed by atoms with Crippen LogP contribution in [0.15, 0.2) is 64.6 Å². The first kappa shape index (κ1) is 22.8. The van der Waals surface area contributed by atoms with Crippen molar-refractivity contribution in [1.29, 1.82) is 5.26 Å². The molecule has 0 bridgehead atoms. The fourth-order valence-electron chi connectivity index (χ4n) is 5.02. The third-order valence-corrected chi connectivity index (χ3v) is 7.13. The van der Waals surface area contributed by atoms with Crippen LogP contribution in [0.4, 0.5) is 0 Å². The molecule has 0 N–H and O–H groups in total. The van der Waals surface area contributed by atoms with Crippen molar-refractivity contribution < 1.29 is 0 Å². The van der Waals surface area contributed by atoms with Crippen molar-refractivity contribution in [1.82, 2.24) is 4.90 Å². The maximum atomic E-state index is 9.66. The number of thiol groups is 1. The van der Waals surface area contributed by atoms with Gasteiger partial charge in [-0.2, -0.15) is 17.9 Å². The van der Waals surface area contributed by atoms with Gasteiger partial charge in [-0.05, 0) is 58.8 Å². The van der Waals surface area contributed by atoms with Crippen molar-refractivity contribution in [3.8, 4) is 6.07 Å². The van der Waals surface area contributed by atoms with E-state index in [0.29, 0.717) is 17.7 Å². The van der Waals surface area contributed by atoms with Gasteiger partial charge < -0.3 is 0 Å². The molecule has 0 spiro atoms. The van der Waals surface area contributed by atoms with Gasteiger partial charge in [-0.15, -0.1) is 0 Å². The first-order valence-electron chi connectivity index (χ1n) is 12.1. The lowest BCUT2D eigenvalue weighted by Crippen LogP contribution is -2.20. The zero-order valence-corrected chi connectivity index (χ0v) is 20.7. The Morgan fingerprint density at radius 1 is 1.09 bits per heavy atom. The summed E-state index contributed by atoms with van der Waals surface area (Å²) in [4.78, 5) is 12.2. The van der Waals surface area contributed by atoms with Crippen LogP contribution in [0.25, 0.3) is 10.8 Å². The minimum atomic E-state index is 0.479. The largest absolute Gasteiger partial charge is 0.298 e. The molecule has 1 atom stereocenters. The first-order valence-corrected chi connectivity index (χ1v) is 12.6. The molecule has 172 valence electrons. The zero-order chi connectivity index (χ0) is 23.7. The summed E-state index contributed by atoms with van der Waals surface area (Å²) in [7, 11) is 0.